The van der Waals surface area contributed by atoms with Gasteiger partial charge in [-0.15, -0.1) is 0 Å². The first-order valence-electron chi connectivity index (χ1n) is 8.95. The molecule has 140 valence electrons. The van der Waals surface area contributed by atoms with Gasteiger partial charge in [-0.25, -0.2) is 0 Å². The summed E-state index contributed by atoms with van der Waals surface area (Å²) in [5.41, 5.74) is 1.74. The molecule has 1 aliphatic rings. The van der Waals surface area contributed by atoms with Crippen LogP contribution in [0.5, 0.6) is 0 Å². The van der Waals surface area contributed by atoms with E-state index in [9.17, 15) is 9.90 Å². The van der Waals surface area contributed by atoms with Crippen molar-refractivity contribution in [1.82, 2.24) is 34.9 Å². The van der Waals surface area contributed by atoms with Crippen LogP contribution >= 0.6 is 0 Å². The summed E-state index contributed by atoms with van der Waals surface area (Å²) in [6.07, 6.45) is 6.47. The van der Waals surface area contributed by atoms with Crippen molar-refractivity contribution >= 4 is 5.91 Å². The third kappa shape index (κ3) is 3.33. The molecule has 1 N–H and O–H groups in total. The number of hydrogen-bond acceptors (Lipinski definition) is 6. The zero-order valence-electron chi connectivity index (χ0n) is 15.0. The lowest BCUT2D eigenvalue weighted by molar-refractivity contribution is 0.0546. The molecule has 0 radical (unpaired) electrons. The number of carbonyl (C=O) groups is 1. The number of nitrogens with zero attached hydrogens (tertiary/aromatic N) is 7. The SMILES string of the molecule is C[C@@H]1CC[C@@H](n2ncc(CO)n2)CN1C(=O)c1ccccc1-n1nccn1. The quantitative estimate of drug-likeness (QED) is 0.744. The first-order chi connectivity index (χ1) is 13.2. The first kappa shape index (κ1) is 17.3. The molecular formula is C18H21N7O2. The molecule has 3 heterocycles. The van der Waals surface area contributed by atoms with Gasteiger partial charge in [0.15, 0.2) is 0 Å². The summed E-state index contributed by atoms with van der Waals surface area (Å²) in [7, 11) is 0. The van der Waals surface area contributed by atoms with E-state index >= 15 is 0 Å². The van der Waals surface area contributed by atoms with Crippen LogP contribution in [0.4, 0.5) is 0 Å². The maximum Gasteiger partial charge on any atom is 0.256 e. The minimum atomic E-state index is -0.143. The Balaban J connectivity index is 1.61. The minimum absolute atomic E-state index is 0.0135. The summed E-state index contributed by atoms with van der Waals surface area (Å²) in [6.45, 7) is 2.43. The Morgan fingerprint density at radius 2 is 1.96 bits per heavy atom. The summed E-state index contributed by atoms with van der Waals surface area (Å²) < 4.78 is 0. The fourth-order valence-corrected chi connectivity index (χ4v) is 3.44. The highest BCUT2D eigenvalue weighted by molar-refractivity contribution is 5.98. The van der Waals surface area contributed by atoms with Crippen LogP contribution in [0.2, 0.25) is 0 Å². The van der Waals surface area contributed by atoms with E-state index in [0.717, 1.165) is 12.8 Å². The highest BCUT2D eigenvalue weighted by Crippen LogP contribution is 2.27. The minimum Gasteiger partial charge on any atom is -0.390 e. The predicted molar refractivity (Wildman–Crippen MR) is 96.1 cm³/mol. The van der Waals surface area contributed by atoms with E-state index in [1.807, 2.05) is 23.1 Å². The number of para-hydroxylation sites is 1. The maximum absolute atomic E-state index is 13.3. The molecule has 1 aromatic carbocycles. The van der Waals surface area contributed by atoms with E-state index in [0.29, 0.717) is 23.5 Å². The number of likely N-dealkylation sites (tertiary alicyclic amines) is 1. The number of carbonyl (C=O) groups excluding carboxylic acids is 1. The Morgan fingerprint density at radius 1 is 1.19 bits per heavy atom. The second-order valence-corrected chi connectivity index (χ2v) is 6.69. The monoisotopic (exact) mass is 367 g/mol. The third-order valence-electron chi connectivity index (χ3n) is 4.93. The van der Waals surface area contributed by atoms with Crippen LogP contribution in [-0.4, -0.2) is 58.5 Å². The number of benzene rings is 1. The van der Waals surface area contributed by atoms with Crippen LogP contribution in [0.15, 0.2) is 42.9 Å². The third-order valence-corrected chi connectivity index (χ3v) is 4.93. The zero-order valence-corrected chi connectivity index (χ0v) is 15.0. The molecule has 1 fully saturated rings. The number of amides is 1. The molecule has 1 amide bonds. The van der Waals surface area contributed by atoms with E-state index in [1.54, 1.807) is 29.5 Å². The summed E-state index contributed by atoms with van der Waals surface area (Å²) in [6, 6.07) is 7.44. The fourth-order valence-electron chi connectivity index (χ4n) is 3.44. The fraction of sp³-hybridized carbons (Fsp3) is 0.389. The average molecular weight is 367 g/mol. The lowest BCUT2D eigenvalue weighted by Crippen LogP contribution is -2.46. The van der Waals surface area contributed by atoms with E-state index in [4.69, 9.17) is 0 Å². The number of hydrogen-bond donors (Lipinski definition) is 1. The summed E-state index contributed by atoms with van der Waals surface area (Å²) >= 11 is 0. The Hall–Kier alpha value is -3.07. The van der Waals surface area contributed by atoms with Crippen molar-refractivity contribution in [1.29, 1.82) is 0 Å². The van der Waals surface area contributed by atoms with Gasteiger partial charge in [-0.3, -0.25) is 4.79 Å². The molecule has 27 heavy (non-hydrogen) atoms. The number of aliphatic hydroxyl groups is 1. The molecule has 0 unspecified atom stereocenters. The molecule has 0 saturated carbocycles. The van der Waals surface area contributed by atoms with Gasteiger partial charge in [0.25, 0.3) is 5.91 Å². The van der Waals surface area contributed by atoms with Crippen molar-refractivity contribution in [2.75, 3.05) is 6.54 Å². The van der Waals surface area contributed by atoms with Gasteiger partial charge in [0.1, 0.15) is 5.69 Å². The molecule has 0 spiro atoms. The molecule has 3 aromatic rings. The molecule has 2 aromatic heterocycles. The summed E-state index contributed by atoms with van der Waals surface area (Å²) in [4.78, 5) is 18.3. The zero-order chi connectivity index (χ0) is 18.8. The Kier molecular flexibility index (Phi) is 4.68. The van der Waals surface area contributed by atoms with E-state index in [2.05, 4.69) is 27.3 Å². The molecule has 1 aliphatic heterocycles. The van der Waals surface area contributed by atoms with Crippen molar-refractivity contribution in [3.05, 3.63) is 54.1 Å². The van der Waals surface area contributed by atoms with Gasteiger partial charge in [-0.05, 0) is 31.9 Å². The lowest BCUT2D eigenvalue weighted by atomic mass is 9.98. The van der Waals surface area contributed by atoms with Crippen molar-refractivity contribution in [3.8, 4) is 5.69 Å². The van der Waals surface area contributed by atoms with Gasteiger partial charge in [-0.2, -0.15) is 30.0 Å². The van der Waals surface area contributed by atoms with Crippen molar-refractivity contribution in [2.45, 2.75) is 38.5 Å². The number of piperidine rings is 1. The van der Waals surface area contributed by atoms with E-state index in [-0.39, 0.29) is 24.6 Å². The highest BCUT2D eigenvalue weighted by Gasteiger charge is 2.32. The molecule has 0 bridgehead atoms. The largest absolute Gasteiger partial charge is 0.390 e. The average Bonchev–Trinajstić information content (AvgIpc) is 3.40. The van der Waals surface area contributed by atoms with Gasteiger partial charge >= 0.3 is 0 Å². The number of aliphatic hydroxyl groups excluding tert-OH is 1. The Morgan fingerprint density at radius 3 is 2.70 bits per heavy atom. The Bertz CT molecular complexity index is 921. The smallest absolute Gasteiger partial charge is 0.256 e. The lowest BCUT2D eigenvalue weighted by Gasteiger charge is -2.37. The topological polar surface area (TPSA) is 102 Å². The summed E-state index contributed by atoms with van der Waals surface area (Å²) in [5.74, 6) is -0.0605. The van der Waals surface area contributed by atoms with Crippen molar-refractivity contribution in [2.24, 2.45) is 0 Å². The van der Waals surface area contributed by atoms with Crippen LogP contribution < -0.4 is 0 Å². The molecule has 4 rings (SSSR count). The molecule has 9 nitrogen and oxygen atoms in total. The van der Waals surface area contributed by atoms with Crippen LogP contribution in [0.1, 0.15) is 41.9 Å². The number of aromatic nitrogens is 6. The predicted octanol–water partition coefficient (Wildman–Crippen LogP) is 1.22. The van der Waals surface area contributed by atoms with Crippen LogP contribution in [0, 0.1) is 0 Å². The maximum atomic E-state index is 13.3. The van der Waals surface area contributed by atoms with Crippen molar-refractivity contribution in [3.63, 3.8) is 0 Å². The van der Waals surface area contributed by atoms with E-state index in [1.165, 1.54) is 4.80 Å². The van der Waals surface area contributed by atoms with Gasteiger partial charge < -0.3 is 10.0 Å². The van der Waals surface area contributed by atoms with Gasteiger partial charge in [0.05, 0.1) is 42.5 Å². The second kappa shape index (κ2) is 7.28. The van der Waals surface area contributed by atoms with Crippen molar-refractivity contribution < 1.29 is 9.90 Å². The Labute approximate surface area is 156 Å². The molecule has 1 saturated heterocycles. The normalized spacial score (nSPS) is 20.0. The van der Waals surface area contributed by atoms with Crippen LogP contribution in [0.3, 0.4) is 0 Å². The molecule has 9 heteroatoms. The first-order valence-corrected chi connectivity index (χ1v) is 8.95. The van der Waals surface area contributed by atoms with Gasteiger partial charge in [0, 0.05) is 12.6 Å². The number of rotatable bonds is 4. The molecule has 2 atom stereocenters. The van der Waals surface area contributed by atoms with Crippen LogP contribution in [0.25, 0.3) is 5.69 Å². The van der Waals surface area contributed by atoms with E-state index < -0.39 is 0 Å². The van der Waals surface area contributed by atoms with Crippen LogP contribution in [-0.2, 0) is 6.61 Å². The molecule has 0 aliphatic carbocycles. The summed E-state index contributed by atoms with van der Waals surface area (Å²) in [5, 5.41) is 26.1. The molecular weight excluding hydrogens is 346 g/mol. The second-order valence-electron chi connectivity index (χ2n) is 6.69. The standard InChI is InChI=1S/C18H21N7O2/c1-13-6-7-15(24-21-10-14(12-26)22-24)11-23(13)18(27)16-4-2-3-5-17(16)25-19-8-9-20-25/h2-5,8-10,13,15,26H,6-7,11-12H2,1H3/t13-,15-/m1/s1. The van der Waals surface area contributed by atoms with Gasteiger partial charge in [-0.1, -0.05) is 12.1 Å². The van der Waals surface area contributed by atoms with Gasteiger partial charge in [0.2, 0.25) is 0 Å². The highest BCUT2D eigenvalue weighted by atomic mass is 16.3.